The van der Waals surface area contributed by atoms with Gasteiger partial charge in [-0.1, -0.05) is 12.1 Å². The third-order valence-corrected chi connectivity index (χ3v) is 7.06. The van der Waals surface area contributed by atoms with E-state index in [0.717, 1.165) is 38.4 Å². The van der Waals surface area contributed by atoms with Crippen molar-refractivity contribution in [2.75, 3.05) is 19.3 Å². The highest BCUT2D eigenvalue weighted by Gasteiger charge is 2.36. The predicted octanol–water partition coefficient (Wildman–Crippen LogP) is 3.94. The van der Waals surface area contributed by atoms with E-state index in [1.807, 2.05) is 22.8 Å². The number of rotatable bonds is 5. The molecule has 2 bridgehead atoms. The molecule has 0 amide bonds. The van der Waals surface area contributed by atoms with E-state index in [4.69, 9.17) is 4.42 Å². The number of aliphatic hydroxyl groups excluding tert-OH is 1. The lowest BCUT2D eigenvalue weighted by atomic mass is 9.80. The summed E-state index contributed by atoms with van der Waals surface area (Å²) < 4.78 is 7.73. The monoisotopic (exact) mass is 422 g/mol. The quantitative estimate of drug-likeness (QED) is 0.631. The number of piperidine rings is 1. The smallest absolute Gasteiger partial charge is 0.250 e. The maximum Gasteiger partial charge on any atom is 0.250 e. The van der Waals surface area contributed by atoms with E-state index >= 15 is 0 Å². The van der Waals surface area contributed by atoms with Crippen molar-refractivity contribution in [3.63, 3.8) is 0 Å². The lowest BCUT2D eigenvalue weighted by molar-refractivity contribution is 0.107. The molecule has 1 fully saturated rings. The van der Waals surface area contributed by atoms with Gasteiger partial charge in [-0.3, -0.25) is 9.69 Å². The second kappa shape index (κ2) is 8.10. The molecule has 2 aromatic heterocycles. The number of hydrogen-bond donors (Lipinski definition) is 1. The van der Waals surface area contributed by atoms with Gasteiger partial charge in [0.05, 0.1) is 6.54 Å². The van der Waals surface area contributed by atoms with E-state index in [2.05, 4.69) is 35.4 Å². The lowest BCUT2D eigenvalue weighted by Crippen LogP contribution is -2.46. The molecule has 2 unspecified atom stereocenters. The van der Waals surface area contributed by atoms with Crippen molar-refractivity contribution < 1.29 is 9.52 Å². The van der Waals surface area contributed by atoms with Gasteiger partial charge in [-0.05, 0) is 54.5 Å². The molecule has 5 nitrogen and oxygen atoms in total. The summed E-state index contributed by atoms with van der Waals surface area (Å²) in [6.45, 7) is 3.31. The van der Waals surface area contributed by atoms with E-state index in [0.29, 0.717) is 17.6 Å². The van der Waals surface area contributed by atoms with Gasteiger partial charge in [0.1, 0.15) is 18.1 Å². The van der Waals surface area contributed by atoms with Crippen LogP contribution in [0.2, 0.25) is 0 Å². The van der Waals surface area contributed by atoms with Gasteiger partial charge >= 0.3 is 0 Å². The summed E-state index contributed by atoms with van der Waals surface area (Å²) in [6, 6.07) is 16.1. The number of thioether (sulfide) groups is 1. The second-order valence-electron chi connectivity index (χ2n) is 8.33. The number of aliphatic hydroxyl groups is 1. The first-order chi connectivity index (χ1) is 14.6. The van der Waals surface area contributed by atoms with Crippen LogP contribution in [0.5, 0.6) is 0 Å². The molecule has 5 rings (SSSR count). The second-order valence-corrected chi connectivity index (χ2v) is 9.21. The summed E-state index contributed by atoms with van der Waals surface area (Å²) >= 11 is 1.74. The topological polar surface area (TPSA) is 58.6 Å². The minimum absolute atomic E-state index is 0.0692. The summed E-state index contributed by atoms with van der Waals surface area (Å²) in [5.41, 5.74) is 3.63. The molecule has 2 aliphatic rings. The molecule has 4 heterocycles. The van der Waals surface area contributed by atoms with Crippen molar-refractivity contribution in [1.82, 2.24) is 9.47 Å². The SMILES string of the molecule is CSc1ccc(-c2ccc(=O)n3c2C2CC(CN(Cc4ccc(CO)o4)C2)C3)cc1. The zero-order chi connectivity index (χ0) is 20.7. The molecule has 0 saturated carbocycles. The molecule has 1 N–H and O–H groups in total. The van der Waals surface area contributed by atoms with E-state index in [9.17, 15) is 9.90 Å². The molecule has 6 heteroatoms. The van der Waals surface area contributed by atoms with Crippen molar-refractivity contribution in [1.29, 1.82) is 0 Å². The zero-order valence-electron chi connectivity index (χ0n) is 17.1. The highest BCUT2D eigenvalue weighted by molar-refractivity contribution is 7.98. The highest BCUT2D eigenvalue weighted by Crippen LogP contribution is 2.40. The fourth-order valence-electron chi connectivity index (χ4n) is 5.07. The van der Waals surface area contributed by atoms with Crippen LogP contribution in [0.3, 0.4) is 0 Å². The van der Waals surface area contributed by atoms with Gasteiger partial charge in [-0.2, -0.15) is 0 Å². The highest BCUT2D eigenvalue weighted by atomic mass is 32.2. The van der Waals surface area contributed by atoms with Gasteiger partial charge < -0.3 is 14.1 Å². The number of aromatic nitrogens is 1. The van der Waals surface area contributed by atoms with Crippen LogP contribution < -0.4 is 5.56 Å². The minimum atomic E-state index is -0.0692. The van der Waals surface area contributed by atoms with Crippen molar-refractivity contribution in [3.05, 3.63) is 76.1 Å². The Balaban J connectivity index is 1.47. The molecule has 0 radical (unpaired) electrons. The fourth-order valence-corrected chi connectivity index (χ4v) is 5.48. The third-order valence-electron chi connectivity index (χ3n) is 6.32. The number of pyridine rings is 1. The summed E-state index contributed by atoms with van der Waals surface area (Å²) in [4.78, 5) is 16.4. The Hall–Kier alpha value is -2.28. The van der Waals surface area contributed by atoms with E-state index in [1.165, 1.54) is 21.7 Å². The number of furan rings is 1. The maximum atomic E-state index is 12.7. The Bertz CT molecular complexity index is 1100. The van der Waals surface area contributed by atoms with Crippen molar-refractivity contribution >= 4 is 11.8 Å². The van der Waals surface area contributed by atoms with Gasteiger partial charge in [0.2, 0.25) is 0 Å². The number of nitrogens with zero attached hydrogens (tertiary/aromatic N) is 2. The van der Waals surface area contributed by atoms with Gasteiger partial charge in [-0.25, -0.2) is 0 Å². The van der Waals surface area contributed by atoms with Crippen LogP contribution in [0.25, 0.3) is 11.1 Å². The molecule has 3 aromatic rings. The molecule has 0 aliphatic carbocycles. The van der Waals surface area contributed by atoms with Crippen LogP contribution in [0, 0.1) is 5.92 Å². The zero-order valence-corrected chi connectivity index (χ0v) is 17.9. The van der Waals surface area contributed by atoms with Gasteiger partial charge in [0.15, 0.2) is 0 Å². The van der Waals surface area contributed by atoms with Crippen LogP contribution in [0.4, 0.5) is 0 Å². The van der Waals surface area contributed by atoms with E-state index < -0.39 is 0 Å². The maximum absolute atomic E-state index is 12.7. The molecule has 30 heavy (non-hydrogen) atoms. The lowest BCUT2D eigenvalue weighted by Gasteiger charge is -2.43. The van der Waals surface area contributed by atoms with Crippen molar-refractivity contribution in [3.8, 4) is 11.1 Å². The van der Waals surface area contributed by atoms with Crippen LogP contribution in [0.1, 0.15) is 29.6 Å². The molecule has 0 spiro atoms. The molecule has 156 valence electrons. The van der Waals surface area contributed by atoms with Crippen LogP contribution in [-0.2, 0) is 19.7 Å². The standard InChI is InChI=1S/C24H26N2O3S/c1-30-21-6-2-17(3-7-21)22-8-9-23(28)26-12-16-10-18(24(22)26)13-25(11-16)14-19-4-5-20(15-27)29-19/h2-9,16,18,27H,10-15H2,1H3. The average molecular weight is 423 g/mol. The number of hydrogen-bond acceptors (Lipinski definition) is 5. The third kappa shape index (κ3) is 3.64. The summed E-state index contributed by atoms with van der Waals surface area (Å²) in [7, 11) is 0. The predicted molar refractivity (Wildman–Crippen MR) is 119 cm³/mol. The Labute approximate surface area is 180 Å². The summed E-state index contributed by atoms with van der Waals surface area (Å²) in [6.07, 6.45) is 3.20. The Kier molecular flexibility index (Phi) is 5.31. The van der Waals surface area contributed by atoms with Crippen LogP contribution in [-0.4, -0.2) is 33.9 Å². The number of fused-ring (bicyclic) bond motifs is 4. The van der Waals surface area contributed by atoms with Gasteiger partial charge in [0, 0.05) is 47.8 Å². The first-order valence-electron chi connectivity index (χ1n) is 10.4. The Morgan fingerprint density at radius 2 is 1.83 bits per heavy atom. The molecule has 2 atom stereocenters. The van der Waals surface area contributed by atoms with E-state index in [1.54, 1.807) is 17.8 Å². The van der Waals surface area contributed by atoms with Crippen LogP contribution >= 0.6 is 11.8 Å². The van der Waals surface area contributed by atoms with Gasteiger partial charge in [-0.15, -0.1) is 11.8 Å². The number of likely N-dealkylation sites (tertiary alicyclic amines) is 1. The fraction of sp³-hybridized carbons (Fsp3) is 0.375. The Morgan fingerprint density at radius 3 is 2.57 bits per heavy atom. The molecular weight excluding hydrogens is 396 g/mol. The minimum Gasteiger partial charge on any atom is -0.462 e. The molecule has 1 aromatic carbocycles. The average Bonchev–Trinajstić information content (AvgIpc) is 3.22. The summed E-state index contributed by atoms with van der Waals surface area (Å²) in [5, 5.41) is 9.25. The number of benzene rings is 1. The van der Waals surface area contributed by atoms with Crippen LogP contribution in [0.15, 0.2) is 62.6 Å². The molecular formula is C24H26N2O3S. The van der Waals surface area contributed by atoms with Crippen molar-refractivity contribution in [2.24, 2.45) is 5.92 Å². The Morgan fingerprint density at radius 1 is 1.03 bits per heavy atom. The normalized spacial score (nSPS) is 20.9. The van der Waals surface area contributed by atoms with E-state index in [-0.39, 0.29) is 12.2 Å². The van der Waals surface area contributed by atoms with Crippen molar-refractivity contribution in [2.45, 2.75) is 36.9 Å². The first kappa shape index (κ1) is 19.7. The van der Waals surface area contributed by atoms with Gasteiger partial charge in [0.25, 0.3) is 5.56 Å². The molecule has 2 aliphatic heterocycles. The summed E-state index contributed by atoms with van der Waals surface area (Å²) in [5.74, 6) is 2.29. The first-order valence-corrected chi connectivity index (χ1v) is 11.7. The largest absolute Gasteiger partial charge is 0.462 e. The molecule has 1 saturated heterocycles.